The van der Waals surface area contributed by atoms with Crippen LogP contribution in [0.25, 0.3) is 0 Å². The second kappa shape index (κ2) is 9.18. The molecule has 0 aromatic heterocycles. The molecule has 0 heterocycles. The molecule has 124 valence electrons. The van der Waals surface area contributed by atoms with Crippen LogP contribution in [0.4, 0.5) is 0 Å². The van der Waals surface area contributed by atoms with Crippen molar-refractivity contribution in [3.63, 3.8) is 0 Å². The fraction of sp³-hybridized carbons (Fsp3) is 0.636. The van der Waals surface area contributed by atoms with E-state index in [2.05, 4.69) is 72.8 Å². The third-order valence-electron chi connectivity index (χ3n) is 4.79. The number of hydrogen-bond acceptors (Lipinski definition) is 0. The van der Waals surface area contributed by atoms with Crippen molar-refractivity contribution in [3.05, 3.63) is 46.6 Å². The smallest absolute Gasteiger partial charge is 0.0213 e. The van der Waals surface area contributed by atoms with Crippen molar-refractivity contribution in [1.29, 1.82) is 0 Å². The molecule has 0 saturated carbocycles. The fourth-order valence-corrected chi connectivity index (χ4v) is 3.13. The largest absolute Gasteiger partial charge is 0.0877 e. The van der Waals surface area contributed by atoms with E-state index in [0.717, 1.165) is 11.8 Å². The Hall–Kier alpha value is -1.04. The van der Waals surface area contributed by atoms with Gasteiger partial charge in [0.25, 0.3) is 0 Å². The molecule has 0 N–H and O–H groups in total. The first-order chi connectivity index (χ1) is 10.4. The standard InChI is InChI=1S/C22H36/c1-8-9-10-21(17(4)5)22-15-20(14-13-19(22)7)18(6)12-11-16(2)3/h8-10,15-18H,11-14H2,1-7H3. The third-order valence-corrected chi connectivity index (χ3v) is 4.79. The zero-order chi connectivity index (χ0) is 16.7. The topological polar surface area (TPSA) is 0 Å². The van der Waals surface area contributed by atoms with E-state index in [-0.39, 0.29) is 0 Å². The van der Waals surface area contributed by atoms with Gasteiger partial charge in [-0.1, -0.05) is 76.5 Å². The lowest BCUT2D eigenvalue weighted by molar-refractivity contribution is 0.479. The molecule has 0 nitrogen and oxygen atoms in total. The first-order valence-corrected chi connectivity index (χ1v) is 9.10. The summed E-state index contributed by atoms with van der Waals surface area (Å²) in [6, 6.07) is 0. The Bertz CT molecular complexity index is 466. The van der Waals surface area contributed by atoms with Gasteiger partial charge in [0.1, 0.15) is 0 Å². The van der Waals surface area contributed by atoms with Gasteiger partial charge in [0.05, 0.1) is 0 Å². The van der Waals surface area contributed by atoms with Gasteiger partial charge in [0.15, 0.2) is 0 Å². The summed E-state index contributed by atoms with van der Waals surface area (Å²) in [4.78, 5) is 0. The van der Waals surface area contributed by atoms with Gasteiger partial charge in [-0.05, 0) is 62.0 Å². The predicted octanol–water partition coefficient (Wildman–Crippen LogP) is 7.25. The monoisotopic (exact) mass is 300 g/mol. The minimum Gasteiger partial charge on any atom is -0.0877 e. The fourth-order valence-electron chi connectivity index (χ4n) is 3.13. The molecular weight excluding hydrogens is 264 g/mol. The van der Waals surface area contributed by atoms with Crippen LogP contribution in [-0.4, -0.2) is 0 Å². The Balaban J connectivity index is 3.02. The zero-order valence-electron chi connectivity index (χ0n) is 15.9. The minimum atomic E-state index is 0.572. The first-order valence-electron chi connectivity index (χ1n) is 9.10. The van der Waals surface area contributed by atoms with Gasteiger partial charge in [-0.25, -0.2) is 0 Å². The average Bonchev–Trinajstić information content (AvgIpc) is 2.46. The van der Waals surface area contributed by atoms with Crippen molar-refractivity contribution in [2.75, 3.05) is 0 Å². The lowest BCUT2D eigenvalue weighted by Crippen LogP contribution is -2.09. The first kappa shape index (κ1) is 19.0. The highest BCUT2D eigenvalue weighted by molar-refractivity contribution is 5.49. The van der Waals surface area contributed by atoms with Crippen molar-refractivity contribution < 1.29 is 0 Å². The maximum Gasteiger partial charge on any atom is -0.0213 e. The Labute approximate surface area is 139 Å². The Morgan fingerprint density at radius 3 is 2.32 bits per heavy atom. The number of allylic oxidation sites excluding steroid dienone is 8. The van der Waals surface area contributed by atoms with Crippen LogP contribution in [0, 0.1) is 17.8 Å². The van der Waals surface area contributed by atoms with Gasteiger partial charge < -0.3 is 0 Å². The van der Waals surface area contributed by atoms with E-state index in [0.29, 0.717) is 5.92 Å². The van der Waals surface area contributed by atoms with Crippen LogP contribution in [0.1, 0.15) is 74.1 Å². The summed E-state index contributed by atoms with van der Waals surface area (Å²) in [5.41, 5.74) is 6.21. The van der Waals surface area contributed by atoms with E-state index in [1.165, 1.54) is 36.8 Å². The quantitative estimate of drug-likeness (QED) is 0.434. The molecule has 1 unspecified atom stereocenters. The molecule has 0 radical (unpaired) electrons. The predicted molar refractivity (Wildman–Crippen MR) is 101 cm³/mol. The van der Waals surface area contributed by atoms with Crippen LogP contribution < -0.4 is 0 Å². The van der Waals surface area contributed by atoms with E-state index in [4.69, 9.17) is 0 Å². The average molecular weight is 301 g/mol. The molecule has 0 heteroatoms. The molecule has 0 aromatic rings. The highest BCUT2D eigenvalue weighted by atomic mass is 14.2. The summed E-state index contributed by atoms with van der Waals surface area (Å²) in [5.74, 6) is 2.10. The molecule has 0 bridgehead atoms. The van der Waals surface area contributed by atoms with Gasteiger partial charge >= 0.3 is 0 Å². The van der Waals surface area contributed by atoms with Gasteiger partial charge in [-0.3, -0.25) is 0 Å². The minimum absolute atomic E-state index is 0.572. The molecule has 0 saturated heterocycles. The molecule has 0 aromatic carbocycles. The maximum atomic E-state index is 2.51. The summed E-state index contributed by atoms with van der Waals surface area (Å²) in [5, 5.41) is 0. The van der Waals surface area contributed by atoms with Gasteiger partial charge in [0, 0.05) is 0 Å². The summed E-state index contributed by atoms with van der Waals surface area (Å²) in [6.45, 7) is 16.1. The molecule has 22 heavy (non-hydrogen) atoms. The zero-order valence-corrected chi connectivity index (χ0v) is 15.9. The second-order valence-electron chi connectivity index (χ2n) is 7.59. The van der Waals surface area contributed by atoms with Crippen LogP contribution in [0.15, 0.2) is 46.6 Å². The Morgan fingerprint density at radius 1 is 1.09 bits per heavy atom. The van der Waals surface area contributed by atoms with Gasteiger partial charge in [-0.15, -0.1) is 0 Å². The summed E-state index contributed by atoms with van der Waals surface area (Å²) < 4.78 is 0. The van der Waals surface area contributed by atoms with Crippen molar-refractivity contribution in [1.82, 2.24) is 0 Å². The molecule has 1 aliphatic carbocycles. The second-order valence-corrected chi connectivity index (χ2v) is 7.59. The molecule has 0 fully saturated rings. The molecular formula is C22H36. The molecule has 1 rings (SSSR count). The van der Waals surface area contributed by atoms with Crippen LogP contribution in [0.2, 0.25) is 0 Å². The number of hydrogen-bond donors (Lipinski definition) is 0. The lowest BCUT2D eigenvalue weighted by Gasteiger charge is -2.25. The normalized spacial score (nSPS) is 18.6. The third kappa shape index (κ3) is 5.63. The summed E-state index contributed by atoms with van der Waals surface area (Å²) >= 11 is 0. The van der Waals surface area contributed by atoms with E-state index in [9.17, 15) is 0 Å². The van der Waals surface area contributed by atoms with Crippen molar-refractivity contribution in [2.24, 2.45) is 17.8 Å². The Morgan fingerprint density at radius 2 is 1.77 bits per heavy atom. The molecule has 0 spiro atoms. The van der Waals surface area contributed by atoms with E-state index < -0.39 is 0 Å². The highest BCUT2D eigenvalue weighted by Gasteiger charge is 2.19. The van der Waals surface area contributed by atoms with E-state index in [1.54, 1.807) is 11.1 Å². The van der Waals surface area contributed by atoms with Gasteiger partial charge in [-0.2, -0.15) is 0 Å². The van der Waals surface area contributed by atoms with Crippen LogP contribution >= 0.6 is 0 Å². The van der Waals surface area contributed by atoms with Crippen LogP contribution in [0.5, 0.6) is 0 Å². The van der Waals surface area contributed by atoms with Crippen LogP contribution in [-0.2, 0) is 0 Å². The maximum absolute atomic E-state index is 2.51. The highest BCUT2D eigenvalue weighted by Crippen LogP contribution is 2.35. The van der Waals surface area contributed by atoms with Crippen LogP contribution in [0.3, 0.4) is 0 Å². The molecule has 0 amide bonds. The number of rotatable bonds is 7. The Kier molecular flexibility index (Phi) is 7.93. The molecule has 1 aliphatic rings. The van der Waals surface area contributed by atoms with Crippen molar-refractivity contribution >= 4 is 0 Å². The van der Waals surface area contributed by atoms with Crippen molar-refractivity contribution in [3.8, 4) is 0 Å². The van der Waals surface area contributed by atoms with E-state index >= 15 is 0 Å². The van der Waals surface area contributed by atoms with E-state index in [1.807, 2.05) is 0 Å². The molecule has 0 aliphatic heterocycles. The van der Waals surface area contributed by atoms with Gasteiger partial charge in [0.2, 0.25) is 0 Å². The van der Waals surface area contributed by atoms with Crippen molar-refractivity contribution in [2.45, 2.75) is 74.1 Å². The molecule has 1 atom stereocenters. The SMILES string of the molecule is CC=CC=C(C1=C(C)CCC(C(C)CCC(C)C)=C1)C(C)C. The summed E-state index contributed by atoms with van der Waals surface area (Å²) in [7, 11) is 0. The summed E-state index contributed by atoms with van der Waals surface area (Å²) in [6.07, 6.45) is 14.3. The lowest BCUT2D eigenvalue weighted by atomic mass is 9.80.